The molecule has 2 N–H and O–H groups in total. The largest absolute Gasteiger partial charge is 0.380 e. The van der Waals surface area contributed by atoms with Crippen molar-refractivity contribution in [2.45, 2.75) is 6.42 Å². The average molecular weight is 328 g/mol. The molecule has 0 aliphatic carbocycles. The van der Waals surface area contributed by atoms with Crippen LogP contribution in [0.1, 0.15) is 5.56 Å². The zero-order valence-electron chi connectivity index (χ0n) is 12.2. The van der Waals surface area contributed by atoms with Crippen molar-refractivity contribution in [3.8, 4) is 0 Å². The van der Waals surface area contributed by atoms with E-state index in [0.717, 1.165) is 12.0 Å². The maximum atomic E-state index is 11.7. The van der Waals surface area contributed by atoms with Crippen LogP contribution >= 0.6 is 11.6 Å². The molecule has 0 saturated carbocycles. The van der Waals surface area contributed by atoms with Gasteiger partial charge in [0, 0.05) is 29.6 Å². The van der Waals surface area contributed by atoms with Crippen molar-refractivity contribution in [2.24, 2.45) is 0 Å². The van der Waals surface area contributed by atoms with Gasteiger partial charge in [-0.3, -0.25) is 14.6 Å². The van der Waals surface area contributed by atoms with E-state index in [2.05, 4.69) is 15.6 Å². The Morgan fingerprint density at radius 1 is 0.913 bits per heavy atom. The molecule has 23 heavy (non-hydrogen) atoms. The highest BCUT2D eigenvalue weighted by atomic mass is 35.5. The molecule has 5 nitrogen and oxygen atoms in total. The first-order chi connectivity index (χ1) is 11.1. The Morgan fingerprint density at radius 2 is 1.57 bits per heavy atom. The lowest BCUT2D eigenvalue weighted by molar-refractivity contribution is 1.01. The van der Waals surface area contributed by atoms with Crippen LogP contribution in [0.25, 0.3) is 0 Å². The lowest BCUT2D eigenvalue weighted by Gasteiger charge is -2.14. The highest BCUT2D eigenvalue weighted by molar-refractivity contribution is 6.30. The number of halogens is 1. The number of hydrogen-bond donors (Lipinski definition) is 2. The molecule has 116 valence electrons. The molecule has 2 aromatic carbocycles. The molecule has 0 amide bonds. The van der Waals surface area contributed by atoms with Gasteiger partial charge in [-0.25, -0.2) is 0 Å². The van der Waals surface area contributed by atoms with Gasteiger partial charge in [-0.2, -0.15) is 0 Å². The van der Waals surface area contributed by atoms with Gasteiger partial charge in [-0.1, -0.05) is 23.7 Å². The van der Waals surface area contributed by atoms with Crippen molar-refractivity contribution in [3.05, 3.63) is 79.8 Å². The van der Waals surface area contributed by atoms with Crippen LogP contribution in [0.5, 0.6) is 0 Å². The van der Waals surface area contributed by atoms with Crippen LogP contribution in [-0.2, 0) is 6.42 Å². The van der Waals surface area contributed by atoms with Gasteiger partial charge in [-0.05, 0) is 36.2 Å². The molecular weight excluding hydrogens is 314 g/mol. The SMILES string of the molecule is O=c1c(NCCc2ccc(Cl)cc2)c(Nc2ccncc2)c1=O. The minimum absolute atomic E-state index is 0.303. The average Bonchev–Trinajstić information content (AvgIpc) is 2.59. The predicted molar refractivity (Wildman–Crippen MR) is 92.5 cm³/mol. The van der Waals surface area contributed by atoms with Gasteiger partial charge in [0.15, 0.2) is 0 Å². The summed E-state index contributed by atoms with van der Waals surface area (Å²) in [6.45, 7) is 0.553. The third-order valence-electron chi connectivity index (χ3n) is 3.49. The van der Waals surface area contributed by atoms with Gasteiger partial charge in [0.1, 0.15) is 11.4 Å². The lowest BCUT2D eigenvalue weighted by Crippen LogP contribution is -2.37. The van der Waals surface area contributed by atoms with E-state index in [9.17, 15) is 9.59 Å². The molecule has 1 heterocycles. The molecule has 0 saturated heterocycles. The minimum atomic E-state index is -0.504. The van der Waals surface area contributed by atoms with E-state index < -0.39 is 10.9 Å². The summed E-state index contributed by atoms with van der Waals surface area (Å²) < 4.78 is 0. The summed E-state index contributed by atoms with van der Waals surface area (Å²) in [7, 11) is 0. The van der Waals surface area contributed by atoms with Gasteiger partial charge >= 0.3 is 0 Å². The third kappa shape index (κ3) is 3.40. The second-order valence-corrected chi connectivity index (χ2v) is 5.51. The fraction of sp³-hybridized carbons (Fsp3) is 0.118. The molecule has 3 rings (SSSR count). The van der Waals surface area contributed by atoms with E-state index in [-0.39, 0.29) is 0 Å². The van der Waals surface area contributed by atoms with E-state index in [4.69, 9.17) is 11.6 Å². The van der Waals surface area contributed by atoms with Crippen LogP contribution in [0.3, 0.4) is 0 Å². The molecule has 6 heteroatoms. The predicted octanol–water partition coefficient (Wildman–Crippen LogP) is 2.73. The topological polar surface area (TPSA) is 71.1 Å². The highest BCUT2D eigenvalue weighted by Gasteiger charge is 2.20. The maximum Gasteiger partial charge on any atom is 0.253 e. The molecule has 0 unspecified atom stereocenters. The van der Waals surface area contributed by atoms with Crippen LogP contribution in [0.15, 0.2) is 58.4 Å². The fourth-order valence-corrected chi connectivity index (χ4v) is 2.37. The molecular formula is C17H14ClN3O2. The number of aromatic nitrogens is 1. The van der Waals surface area contributed by atoms with Crippen molar-refractivity contribution in [3.63, 3.8) is 0 Å². The van der Waals surface area contributed by atoms with Crippen LogP contribution < -0.4 is 21.5 Å². The molecule has 0 aliphatic rings. The molecule has 1 aromatic heterocycles. The van der Waals surface area contributed by atoms with Gasteiger partial charge in [0.05, 0.1) is 0 Å². The van der Waals surface area contributed by atoms with Crippen LogP contribution in [0, 0.1) is 0 Å². The van der Waals surface area contributed by atoms with E-state index >= 15 is 0 Å². The maximum absolute atomic E-state index is 11.7. The van der Waals surface area contributed by atoms with E-state index in [0.29, 0.717) is 28.6 Å². The quantitative estimate of drug-likeness (QED) is 0.681. The Labute approximate surface area is 137 Å². The Hall–Kier alpha value is -2.66. The number of pyridine rings is 1. The summed E-state index contributed by atoms with van der Waals surface area (Å²) in [6, 6.07) is 11.0. The van der Waals surface area contributed by atoms with Crippen molar-refractivity contribution < 1.29 is 0 Å². The molecule has 0 atom stereocenters. The summed E-state index contributed by atoms with van der Waals surface area (Å²) >= 11 is 5.84. The molecule has 3 aromatic rings. The zero-order valence-corrected chi connectivity index (χ0v) is 12.9. The fourth-order valence-electron chi connectivity index (χ4n) is 2.24. The van der Waals surface area contributed by atoms with Gasteiger partial charge in [0.25, 0.3) is 10.9 Å². The Bertz CT molecular complexity index is 869. The number of rotatable bonds is 6. The van der Waals surface area contributed by atoms with Crippen molar-refractivity contribution in [1.29, 1.82) is 0 Å². The van der Waals surface area contributed by atoms with Crippen LogP contribution in [0.4, 0.5) is 17.1 Å². The van der Waals surface area contributed by atoms with Crippen molar-refractivity contribution >= 4 is 28.7 Å². The smallest absolute Gasteiger partial charge is 0.253 e. The summed E-state index contributed by atoms with van der Waals surface area (Å²) in [6.07, 6.45) is 3.95. The number of nitrogens with zero attached hydrogens (tertiary/aromatic N) is 1. The van der Waals surface area contributed by atoms with Crippen LogP contribution in [0.2, 0.25) is 5.02 Å². The monoisotopic (exact) mass is 327 g/mol. The Kier molecular flexibility index (Phi) is 4.39. The Balaban J connectivity index is 1.64. The molecule has 0 fully saturated rings. The standard InChI is InChI=1S/C17H14ClN3O2/c18-12-3-1-11(2-4-12)5-10-20-14-15(17(23)16(14)22)21-13-6-8-19-9-7-13/h1-4,6-9,20H,5,10H2,(H,19,21). The van der Waals surface area contributed by atoms with Gasteiger partial charge < -0.3 is 10.6 Å². The molecule has 0 radical (unpaired) electrons. The first-order valence-electron chi connectivity index (χ1n) is 7.14. The number of benzene rings is 1. The number of nitrogens with one attached hydrogen (secondary N) is 2. The minimum Gasteiger partial charge on any atom is -0.380 e. The lowest BCUT2D eigenvalue weighted by atomic mass is 10.1. The van der Waals surface area contributed by atoms with Crippen molar-refractivity contribution in [1.82, 2.24) is 4.98 Å². The summed E-state index contributed by atoms with van der Waals surface area (Å²) in [5.74, 6) is 0. The number of hydrogen-bond acceptors (Lipinski definition) is 5. The molecule has 0 spiro atoms. The van der Waals surface area contributed by atoms with Gasteiger partial charge in [-0.15, -0.1) is 0 Å². The van der Waals surface area contributed by atoms with E-state index in [1.54, 1.807) is 24.5 Å². The van der Waals surface area contributed by atoms with Crippen LogP contribution in [-0.4, -0.2) is 11.5 Å². The third-order valence-corrected chi connectivity index (χ3v) is 3.74. The van der Waals surface area contributed by atoms with Gasteiger partial charge in [0.2, 0.25) is 0 Å². The van der Waals surface area contributed by atoms with E-state index in [1.165, 1.54) is 0 Å². The summed E-state index contributed by atoms with van der Waals surface area (Å²) in [5.41, 5.74) is 1.46. The summed E-state index contributed by atoms with van der Waals surface area (Å²) in [4.78, 5) is 27.3. The zero-order chi connectivity index (χ0) is 16.2. The Morgan fingerprint density at radius 3 is 2.26 bits per heavy atom. The second kappa shape index (κ2) is 6.62. The van der Waals surface area contributed by atoms with E-state index in [1.807, 2.05) is 24.3 Å². The molecule has 0 aliphatic heterocycles. The number of anilines is 3. The summed E-state index contributed by atoms with van der Waals surface area (Å²) in [5, 5.41) is 6.67. The molecule has 0 bridgehead atoms. The second-order valence-electron chi connectivity index (χ2n) is 5.07. The van der Waals surface area contributed by atoms with Crippen molar-refractivity contribution in [2.75, 3.05) is 17.2 Å². The first-order valence-corrected chi connectivity index (χ1v) is 7.51. The first kappa shape index (κ1) is 15.2. The highest BCUT2D eigenvalue weighted by Crippen LogP contribution is 2.20. The normalized spacial score (nSPS) is 10.7.